The maximum absolute atomic E-state index is 11.7. The molecule has 1 aromatic carbocycles. The maximum atomic E-state index is 11.7. The van der Waals surface area contributed by atoms with Gasteiger partial charge in [-0.1, -0.05) is 24.3 Å². The molecule has 1 aromatic rings. The van der Waals surface area contributed by atoms with Gasteiger partial charge in [-0.25, -0.2) is 4.79 Å². The molecule has 1 atom stereocenters. The number of benzene rings is 1. The van der Waals surface area contributed by atoms with Gasteiger partial charge in [0.25, 0.3) is 0 Å². The molecule has 20 heavy (non-hydrogen) atoms. The predicted molar refractivity (Wildman–Crippen MR) is 78.3 cm³/mol. The molecule has 0 unspecified atom stereocenters. The molecule has 2 amide bonds. The second kappa shape index (κ2) is 9.34. The highest BCUT2D eigenvalue weighted by Crippen LogP contribution is 2.09. The highest BCUT2D eigenvalue weighted by molar-refractivity contribution is 5.74. The van der Waals surface area contributed by atoms with E-state index < -0.39 is 0 Å². The first kappa shape index (κ1) is 16.5. The van der Waals surface area contributed by atoms with Crippen molar-refractivity contribution in [3.63, 3.8) is 0 Å². The smallest absolute Gasteiger partial charge is 0.315 e. The molecule has 0 fully saturated rings. The number of aliphatic hydroxyl groups excluding tert-OH is 1. The molecule has 0 saturated carbocycles. The molecular weight excluding hydrogens is 256 g/mol. The fourth-order valence-corrected chi connectivity index (χ4v) is 1.80. The fraction of sp³-hybridized carbons (Fsp3) is 0.533. The monoisotopic (exact) mass is 280 g/mol. The lowest BCUT2D eigenvalue weighted by Gasteiger charge is -2.14. The van der Waals surface area contributed by atoms with Crippen LogP contribution in [-0.2, 0) is 17.9 Å². The topological polar surface area (TPSA) is 70.6 Å². The minimum atomic E-state index is -0.225. The molecule has 0 aromatic heterocycles. The van der Waals surface area contributed by atoms with Crippen molar-refractivity contribution >= 4 is 6.03 Å². The van der Waals surface area contributed by atoms with Crippen molar-refractivity contribution in [2.24, 2.45) is 0 Å². The van der Waals surface area contributed by atoms with Crippen LogP contribution in [0, 0.1) is 0 Å². The molecule has 5 heteroatoms. The molecule has 112 valence electrons. The third kappa shape index (κ3) is 6.04. The zero-order valence-corrected chi connectivity index (χ0v) is 12.2. The van der Waals surface area contributed by atoms with Crippen molar-refractivity contribution in [1.82, 2.24) is 10.6 Å². The van der Waals surface area contributed by atoms with Gasteiger partial charge in [-0.2, -0.15) is 0 Å². The van der Waals surface area contributed by atoms with Crippen LogP contribution >= 0.6 is 0 Å². The van der Waals surface area contributed by atoms with Gasteiger partial charge in [-0.3, -0.25) is 0 Å². The van der Waals surface area contributed by atoms with E-state index in [1.165, 1.54) is 0 Å². The lowest BCUT2D eigenvalue weighted by Crippen LogP contribution is -2.40. The van der Waals surface area contributed by atoms with Crippen molar-refractivity contribution in [2.75, 3.05) is 13.2 Å². The minimum Gasteiger partial charge on any atom is -0.396 e. The molecule has 0 aliphatic carbocycles. The lowest BCUT2D eigenvalue weighted by molar-refractivity contribution is 0.133. The number of aliphatic hydroxyl groups is 1. The Hall–Kier alpha value is -1.59. The second-order valence-electron chi connectivity index (χ2n) is 4.65. The summed E-state index contributed by atoms with van der Waals surface area (Å²) in [5.41, 5.74) is 2.13. The van der Waals surface area contributed by atoms with Crippen LogP contribution < -0.4 is 10.6 Å². The van der Waals surface area contributed by atoms with Gasteiger partial charge in [0.2, 0.25) is 0 Å². The normalized spacial score (nSPS) is 11.9. The number of carbonyl (C=O) groups is 1. The number of carbonyl (C=O) groups excluding carboxylic acids is 1. The number of ether oxygens (including phenoxy) is 1. The molecule has 1 rings (SSSR count). The largest absolute Gasteiger partial charge is 0.396 e. The van der Waals surface area contributed by atoms with Crippen LogP contribution in [-0.4, -0.2) is 30.4 Å². The zero-order valence-electron chi connectivity index (χ0n) is 12.2. The van der Waals surface area contributed by atoms with Crippen LogP contribution in [0.4, 0.5) is 4.79 Å². The Kier molecular flexibility index (Phi) is 7.69. The van der Waals surface area contributed by atoms with Gasteiger partial charge >= 0.3 is 6.03 Å². The molecule has 0 spiro atoms. The van der Waals surface area contributed by atoms with Crippen molar-refractivity contribution in [2.45, 2.75) is 39.5 Å². The average molecular weight is 280 g/mol. The van der Waals surface area contributed by atoms with E-state index in [0.717, 1.165) is 11.1 Å². The number of amides is 2. The maximum Gasteiger partial charge on any atom is 0.315 e. The van der Waals surface area contributed by atoms with Crippen molar-refractivity contribution in [1.29, 1.82) is 0 Å². The van der Waals surface area contributed by atoms with Gasteiger partial charge in [0.05, 0.1) is 6.61 Å². The van der Waals surface area contributed by atoms with Crippen LogP contribution in [0.15, 0.2) is 24.3 Å². The summed E-state index contributed by atoms with van der Waals surface area (Å²) in [6.07, 6.45) is 0.550. The predicted octanol–water partition coefficient (Wildman–Crippen LogP) is 1.79. The second-order valence-corrected chi connectivity index (χ2v) is 4.65. The lowest BCUT2D eigenvalue weighted by atomic mass is 10.1. The average Bonchev–Trinajstić information content (AvgIpc) is 2.44. The molecule has 0 bridgehead atoms. The molecule has 0 aliphatic heterocycles. The van der Waals surface area contributed by atoms with E-state index in [4.69, 9.17) is 9.84 Å². The summed E-state index contributed by atoms with van der Waals surface area (Å²) in [6, 6.07) is 7.61. The van der Waals surface area contributed by atoms with E-state index in [0.29, 0.717) is 26.2 Å². The Morgan fingerprint density at radius 3 is 2.70 bits per heavy atom. The molecule has 3 N–H and O–H groups in total. The Morgan fingerprint density at radius 1 is 1.35 bits per heavy atom. The minimum absolute atomic E-state index is 0.0429. The highest BCUT2D eigenvalue weighted by atomic mass is 16.5. The Labute approximate surface area is 120 Å². The molecule has 5 nitrogen and oxygen atoms in total. The van der Waals surface area contributed by atoms with Crippen LogP contribution in [0.2, 0.25) is 0 Å². The van der Waals surface area contributed by atoms with Gasteiger partial charge < -0.3 is 20.5 Å². The van der Waals surface area contributed by atoms with Gasteiger partial charge in [-0.15, -0.1) is 0 Å². The summed E-state index contributed by atoms with van der Waals surface area (Å²) >= 11 is 0. The molecule has 0 aliphatic rings. The summed E-state index contributed by atoms with van der Waals surface area (Å²) in [7, 11) is 0. The molecule has 0 heterocycles. The number of hydrogen-bond donors (Lipinski definition) is 3. The Bertz CT molecular complexity index is 410. The Morgan fingerprint density at radius 2 is 2.05 bits per heavy atom. The SMILES string of the molecule is CCOCc1ccccc1CNC(=O)N[C@H](C)CCO. The molecular formula is C15H24N2O3. The third-order valence-corrected chi connectivity index (χ3v) is 2.96. The number of rotatable bonds is 8. The van der Waals surface area contributed by atoms with E-state index >= 15 is 0 Å². The number of hydrogen-bond acceptors (Lipinski definition) is 3. The summed E-state index contributed by atoms with van der Waals surface area (Å²) < 4.78 is 5.41. The summed E-state index contributed by atoms with van der Waals surface area (Å²) in [6.45, 7) is 5.56. The van der Waals surface area contributed by atoms with E-state index in [1.807, 2.05) is 38.1 Å². The Balaban J connectivity index is 2.46. The summed E-state index contributed by atoms with van der Waals surface area (Å²) in [5, 5.41) is 14.4. The third-order valence-electron chi connectivity index (χ3n) is 2.96. The van der Waals surface area contributed by atoms with Crippen LogP contribution in [0.5, 0.6) is 0 Å². The fourth-order valence-electron chi connectivity index (χ4n) is 1.80. The van der Waals surface area contributed by atoms with Gasteiger partial charge in [0, 0.05) is 25.8 Å². The van der Waals surface area contributed by atoms with Crippen LogP contribution in [0.25, 0.3) is 0 Å². The standard InChI is InChI=1S/C15H24N2O3/c1-3-20-11-14-7-5-4-6-13(14)10-16-15(19)17-12(2)8-9-18/h4-7,12,18H,3,8-11H2,1-2H3,(H2,16,17,19)/t12-/m1/s1. The van der Waals surface area contributed by atoms with Gasteiger partial charge in [0.1, 0.15) is 0 Å². The first-order valence-corrected chi connectivity index (χ1v) is 6.97. The zero-order chi connectivity index (χ0) is 14.8. The van der Waals surface area contributed by atoms with E-state index in [2.05, 4.69) is 10.6 Å². The van der Waals surface area contributed by atoms with E-state index in [9.17, 15) is 4.79 Å². The number of urea groups is 1. The van der Waals surface area contributed by atoms with Crippen molar-refractivity contribution in [3.05, 3.63) is 35.4 Å². The van der Waals surface area contributed by atoms with Gasteiger partial charge in [-0.05, 0) is 31.4 Å². The molecule has 0 radical (unpaired) electrons. The highest BCUT2D eigenvalue weighted by Gasteiger charge is 2.07. The first-order chi connectivity index (χ1) is 9.67. The number of nitrogens with one attached hydrogen (secondary N) is 2. The van der Waals surface area contributed by atoms with E-state index in [-0.39, 0.29) is 18.7 Å². The van der Waals surface area contributed by atoms with Crippen molar-refractivity contribution < 1.29 is 14.6 Å². The summed E-state index contributed by atoms with van der Waals surface area (Å²) in [5.74, 6) is 0. The van der Waals surface area contributed by atoms with Crippen molar-refractivity contribution in [3.8, 4) is 0 Å². The molecule has 0 saturated heterocycles. The van der Waals surface area contributed by atoms with Crippen LogP contribution in [0.3, 0.4) is 0 Å². The first-order valence-electron chi connectivity index (χ1n) is 6.97. The van der Waals surface area contributed by atoms with Crippen LogP contribution in [0.1, 0.15) is 31.4 Å². The quantitative estimate of drug-likeness (QED) is 0.680. The van der Waals surface area contributed by atoms with Gasteiger partial charge in [0.15, 0.2) is 0 Å². The summed E-state index contributed by atoms with van der Waals surface area (Å²) in [4.78, 5) is 11.7. The van der Waals surface area contributed by atoms with E-state index in [1.54, 1.807) is 0 Å².